The fourth-order valence-electron chi connectivity index (χ4n) is 1.52. The van der Waals surface area contributed by atoms with Crippen LogP contribution < -0.4 is 0 Å². The van der Waals surface area contributed by atoms with Crippen molar-refractivity contribution in [2.75, 3.05) is 19.7 Å². The lowest BCUT2D eigenvalue weighted by Gasteiger charge is -2.19. The largest absolute Gasteiger partial charge is 0.465 e. The summed E-state index contributed by atoms with van der Waals surface area (Å²) < 4.78 is 30.6. The van der Waals surface area contributed by atoms with Gasteiger partial charge in [-0.3, -0.25) is 4.79 Å². The molecule has 20 heavy (non-hydrogen) atoms. The molecule has 0 aliphatic rings. The highest BCUT2D eigenvalue weighted by Gasteiger charge is 2.26. The molecule has 0 amide bonds. The van der Waals surface area contributed by atoms with Gasteiger partial charge in [-0.1, -0.05) is 23.7 Å². The van der Waals surface area contributed by atoms with E-state index in [1.807, 2.05) is 0 Å². The number of hydrogen-bond donors (Lipinski definition) is 0. The molecule has 0 saturated carbocycles. The van der Waals surface area contributed by atoms with Crippen LogP contribution in [0.2, 0.25) is 5.02 Å². The third kappa shape index (κ3) is 4.33. The monoisotopic (exact) mass is 317 g/mol. The van der Waals surface area contributed by atoms with Gasteiger partial charge in [-0.25, -0.2) is 8.42 Å². The SMILES string of the molecule is C=CCN(CC(=O)OCC)S(=O)(=O)c1cccc(Cl)c1. The van der Waals surface area contributed by atoms with Crippen molar-refractivity contribution < 1.29 is 17.9 Å². The van der Waals surface area contributed by atoms with E-state index in [0.29, 0.717) is 5.02 Å². The molecular formula is C13H16ClNO4S. The van der Waals surface area contributed by atoms with Crippen molar-refractivity contribution in [2.45, 2.75) is 11.8 Å². The molecule has 0 bridgehead atoms. The Morgan fingerprint density at radius 2 is 2.20 bits per heavy atom. The summed E-state index contributed by atoms with van der Waals surface area (Å²) in [6, 6.07) is 5.86. The van der Waals surface area contributed by atoms with E-state index >= 15 is 0 Å². The lowest BCUT2D eigenvalue weighted by Crippen LogP contribution is -2.36. The topological polar surface area (TPSA) is 63.7 Å². The molecule has 0 aliphatic carbocycles. The molecule has 0 N–H and O–H groups in total. The second-order valence-electron chi connectivity index (χ2n) is 3.85. The zero-order valence-electron chi connectivity index (χ0n) is 11.1. The van der Waals surface area contributed by atoms with Crippen LogP contribution in [0.1, 0.15) is 6.92 Å². The van der Waals surface area contributed by atoms with E-state index in [1.54, 1.807) is 13.0 Å². The standard InChI is InChI=1S/C13H16ClNO4S/c1-3-8-15(10-13(16)19-4-2)20(17,18)12-7-5-6-11(14)9-12/h3,5-7,9H,1,4,8,10H2,2H3. The van der Waals surface area contributed by atoms with Crippen LogP contribution in [0, 0.1) is 0 Å². The molecule has 0 unspecified atom stereocenters. The van der Waals surface area contributed by atoms with Crippen LogP contribution in [0.3, 0.4) is 0 Å². The summed E-state index contributed by atoms with van der Waals surface area (Å²) in [4.78, 5) is 11.5. The maximum Gasteiger partial charge on any atom is 0.321 e. The first-order chi connectivity index (χ1) is 9.41. The summed E-state index contributed by atoms with van der Waals surface area (Å²) >= 11 is 5.79. The second-order valence-corrected chi connectivity index (χ2v) is 6.22. The summed E-state index contributed by atoms with van der Waals surface area (Å²) in [6.45, 7) is 4.98. The van der Waals surface area contributed by atoms with Crippen LogP contribution in [-0.4, -0.2) is 38.4 Å². The summed E-state index contributed by atoms with van der Waals surface area (Å²) in [7, 11) is -3.82. The fraction of sp³-hybridized carbons (Fsp3) is 0.308. The summed E-state index contributed by atoms with van der Waals surface area (Å²) in [5, 5.41) is 0.306. The minimum Gasteiger partial charge on any atom is -0.465 e. The van der Waals surface area contributed by atoms with Crippen LogP contribution in [0.15, 0.2) is 41.8 Å². The van der Waals surface area contributed by atoms with Gasteiger partial charge in [0.05, 0.1) is 11.5 Å². The zero-order valence-corrected chi connectivity index (χ0v) is 12.7. The van der Waals surface area contributed by atoms with Crippen LogP contribution in [0.4, 0.5) is 0 Å². The minimum atomic E-state index is -3.82. The first kappa shape index (κ1) is 16.7. The van der Waals surface area contributed by atoms with Crippen LogP contribution >= 0.6 is 11.6 Å². The van der Waals surface area contributed by atoms with Crippen molar-refractivity contribution in [2.24, 2.45) is 0 Å². The van der Waals surface area contributed by atoms with E-state index in [9.17, 15) is 13.2 Å². The highest BCUT2D eigenvalue weighted by atomic mass is 35.5. The van der Waals surface area contributed by atoms with Gasteiger partial charge >= 0.3 is 5.97 Å². The Hall–Kier alpha value is -1.37. The third-order valence-electron chi connectivity index (χ3n) is 2.38. The van der Waals surface area contributed by atoms with E-state index in [0.717, 1.165) is 4.31 Å². The van der Waals surface area contributed by atoms with Crippen molar-refractivity contribution in [3.8, 4) is 0 Å². The Kier molecular flexibility index (Phi) is 6.19. The number of carbonyl (C=O) groups is 1. The summed E-state index contributed by atoms with van der Waals surface area (Å²) in [5.41, 5.74) is 0. The number of halogens is 1. The van der Waals surface area contributed by atoms with Gasteiger partial charge in [0.1, 0.15) is 6.54 Å². The van der Waals surface area contributed by atoms with Crippen LogP contribution in [0.25, 0.3) is 0 Å². The smallest absolute Gasteiger partial charge is 0.321 e. The van der Waals surface area contributed by atoms with Gasteiger partial charge in [0, 0.05) is 11.6 Å². The van der Waals surface area contributed by atoms with Crippen molar-refractivity contribution >= 4 is 27.6 Å². The van der Waals surface area contributed by atoms with Gasteiger partial charge in [-0.05, 0) is 25.1 Å². The Morgan fingerprint density at radius 3 is 2.75 bits per heavy atom. The summed E-state index contributed by atoms with van der Waals surface area (Å²) in [5.74, 6) is -0.611. The van der Waals surface area contributed by atoms with Crippen molar-refractivity contribution in [1.29, 1.82) is 0 Å². The maximum atomic E-state index is 12.4. The van der Waals surface area contributed by atoms with Gasteiger partial charge in [0.15, 0.2) is 0 Å². The van der Waals surface area contributed by atoms with Gasteiger partial charge < -0.3 is 4.74 Å². The molecule has 0 radical (unpaired) electrons. The number of rotatable bonds is 7. The first-order valence-corrected chi connectivity index (χ1v) is 7.75. The van der Waals surface area contributed by atoms with Crippen molar-refractivity contribution in [3.63, 3.8) is 0 Å². The van der Waals surface area contributed by atoms with Gasteiger partial charge in [-0.2, -0.15) is 4.31 Å². The average Bonchev–Trinajstić information content (AvgIpc) is 2.38. The molecule has 1 aromatic carbocycles. The number of sulfonamides is 1. The number of benzene rings is 1. The number of esters is 1. The van der Waals surface area contributed by atoms with E-state index in [4.69, 9.17) is 16.3 Å². The quantitative estimate of drug-likeness (QED) is 0.570. The van der Waals surface area contributed by atoms with E-state index in [2.05, 4.69) is 6.58 Å². The van der Waals surface area contributed by atoms with E-state index < -0.39 is 16.0 Å². The van der Waals surface area contributed by atoms with Crippen LogP contribution in [0.5, 0.6) is 0 Å². The van der Waals surface area contributed by atoms with E-state index in [-0.39, 0.29) is 24.6 Å². The molecule has 0 spiro atoms. The zero-order chi connectivity index (χ0) is 15.2. The Balaban J connectivity index is 3.06. The lowest BCUT2D eigenvalue weighted by atomic mass is 10.4. The molecule has 0 aromatic heterocycles. The predicted molar refractivity (Wildman–Crippen MR) is 77.0 cm³/mol. The summed E-state index contributed by atoms with van der Waals surface area (Å²) in [6.07, 6.45) is 1.40. The predicted octanol–water partition coefficient (Wildman–Crippen LogP) is 2.08. The molecule has 0 atom stereocenters. The highest BCUT2D eigenvalue weighted by Crippen LogP contribution is 2.19. The number of hydrogen-bond acceptors (Lipinski definition) is 4. The molecule has 0 aliphatic heterocycles. The Morgan fingerprint density at radius 1 is 1.50 bits per heavy atom. The molecular weight excluding hydrogens is 302 g/mol. The molecule has 0 heterocycles. The molecule has 1 rings (SSSR count). The average molecular weight is 318 g/mol. The Bertz CT molecular complexity index is 586. The van der Waals surface area contributed by atoms with Crippen molar-refractivity contribution in [1.82, 2.24) is 4.31 Å². The van der Waals surface area contributed by atoms with Gasteiger partial charge in [-0.15, -0.1) is 6.58 Å². The molecule has 7 heteroatoms. The van der Waals surface area contributed by atoms with E-state index in [1.165, 1.54) is 24.3 Å². The maximum absolute atomic E-state index is 12.4. The first-order valence-electron chi connectivity index (χ1n) is 5.94. The third-order valence-corrected chi connectivity index (χ3v) is 4.42. The number of nitrogens with zero attached hydrogens (tertiary/aromatic N) is 1. The molecule has 0 fully saturated rings. The van der Waals surface area contributed by atoms with Gasteiger partial charge in [0.25, 0.3) is 0 Å². The normalized spacial score (nSPS) is 11.3. The number of ether oxygens (including phenoxy) is 1. The lowest BCUT2D eigenvalue weighted by molar-refractivity contribution is -0.143. The molecule has 110 valence electrons. The van der Waals surface area contributed by atoms with Gasteiger partial charge in [0.2, 0.25) is 10.0 Å². The Labute approximate surface area is 123 Å². The molecule has 0 saturated heterocycles. The van der Waals surface area contributed by atoms with Crippen LogP contribution in [-0.2, 0) is 19.6 Å². The molecule has 5 nitrogen and oxygen atoms in total. The second kappa shape index (κ2) is 7.42. The minimum absolute atomic E-state index is 0.00760. The van der Waals surface area contributed by atoms with Crippen molar-refractivity contribution in [3.05, 3.63) is 41.9 Å². The highest BCUT2D eigenvalue weighted by molar-refractivity contribution is 7.89. The number of carbonyl (C=O) groups excluding carboxylic acids is 1. The molecule has 1 aromatic rings. The fourth-order valence-corrected chi connectivity index (χ4v) is 3.18.